The average Bonchev–Trinajstić information content (AvgIpc) is 3.10. The number of likely N-dealkylation sites (N-methyl/N-ethyl adjacent to an activating group) is 1. The van der Waals surface area contributed by atoms with Gasteiger partial charge >= 0.3 is 0 Å². The Morgan fingerprint density at radius 2 is 1.74 bits per heavy atom. The Kier molecular flexibility index (Phi) is 8.24. The number of hydrogen-bond acceptors (Lipinski definition) is 5. The monoisotopic (exact) mass is 471 g/mol. The summed E-state index contributed by atoms with van der Waals surface area (Å²) >= 11 is 0. The molecular weight excluding hydrogens is 433 g/mol. The van der Waals surface area contributed by atoms with Gasteiger partial charge in [-0.1, -0.05) is 25.1 Å². The number of carbonyl (C=O) groups excluding carboxylic acids is 1. The molecule has 0 saturated carbocycles. The summed E-state index contributed by atoms with van der Waals surface area (Å²) in [7, 11) is 0. The summed E-state index contributed by atoms with van der Waals surface area (Å²) in [6.07, 6.45) is 0. The second kappa shape index (κ2) is 11.3. The van der Waals surface area contributed by atoms with E-state index in [1.54, 1.807) is 12.1 Å². The highest BCUT2D eigenvalue weighted by molar-refractivity contribution is 5.96. The van der Waals surface area contributed by atoms with Gasteiger partial charge in [0.15, 0.2) is 0 Å². The van der Waals surface area contributed by atoms with Gasteiger partial charge in [0, 0.05) is 69.2 Å². The lowest BCUT2D eigenvalue weighted by Gasteiger charge is -2.36. The number of rotatable bonds is 8. The topological polar surface area (TPSA) is 53.0 Å². The molecule has 1 N–H and O–H groups in total. The number of morpholine rings is 1. The van der Waals surface area contributed by atoms with Gasteiger partial charge in [-0.05, 0) is 26.5 Å². The number of anilines is 1. The number of amides is 1. The number of carbonyl (C=O) groups is 1. The molecule has 3 heterocycles. The number of nitrogens with one attached hydrogen (secondary N) is 1. The molecule has 2 saturated heterocycles. The Morgan fingerprint density at radius 1 is 1.03 bits per heavy atom. The molecule has 0 bridgehead atoms. The van der Waals surface area contributed by atoms with Crippen molar-refractivity contribution in [2.75, 3.05) is 77.0 Å². The van der Waals surface area contributed by atoms with Crippen LogP contribution in [0.4, 0.5) is 10.1 Å². The molecule has 1 aromatic carbocycles. The zero-order valence-corrected chi connectivity index (χ0v) is 20.8. The van der Waals surface area contributed by atoms with E-state index < -0.39 is 0 Å². The van der Waals surface area contributed by atoms with Gasteiger partial charge in [0.2, 0.25) is 0 Å². The molecule has 1 amide bonds. The molecule has 2 fully saturated rings. The Labute approximate surface area is 202 Å². The van der Waals surface area contributed by atoms with Crippen molar-refractivity contribution < 1.29 is 13.9 Å². The predicted molar refractivity (Wildman–Crippen MR) is 133 cm³/mol. The predicted octanol–water partition coefficient (Wildman–Crippen LogP) is 2.50. The van der Waals surface area contributed by atoms with E-state index >= 15 is 0 Å². The maximum absolute atomic E-state index is 14.5. The molecule has 2 aliphatic heterocycles. The molecule has 0 aliphatic carbocycles. The summed E-state index contributed by atoms with van der Waals surface area (Å²) in [5.74, 6) is -0.339. The Bertz CT molecular complexity index is 978. The third-order valence-corrected chi connectivity index (χ3v) is 7.18. The van der Waals surface area contributed by atoms with E-state index in [9.17, 15) is 9.18 Å². The van der Waals surface area contributed by atoms with Crippen LogP contribution in [-0.2, 0) is 11.3 Å². The highest BCUT2D eigenvalue weighted by Gasteiger charge is 2.28. The first-order chi connectivity index (χ1) is 16.5. The molecule has 1 aromatic heterocycles. The third-order valence-electron chi connectivity index (χ3n) is 7.18. The smallest absolute Gasteiger partial charge is 0.268 e. The second-order valence-electron chi connectivity index (χ2n) is 9.22. The quantitative estimate of drug-likeness (QED) is 0.641. The fraction of sp³-hybridized carbons (Fsp3) is 0.577. The molecular formula is C26H38FN5O2. The fourth-order valence-corrected chi connectivity index (χ4v) is 5.16. The molecule has 2 aliphatic rings. The largest absolute Gasteiger partial charge is 0.379 e. The number of piperazine rings is 1. The minimum absolute atomic E-state index is 0.0938. The van der Waals surface area contributed by atoms with E-state index in [1.165, 1.54) is 6.07 Å². The van der Waals surface area contributed by atoms with Gasteiger partial charge in [-0.3, -0.25) is 9.69 Å². The summed E-state index contributed by atoms with van der Waals surface area (Å²) in [5, 5.41) is 3.12. The Balaban J connectivity index is 1.58. The normalized spacial score (nSPS) is 17.8. The lowest BCUT2D eigenvalue weighted by Crippen LogP contribution is -2.46. The van der Waals surface area contributed by atoms with E-state index in [2.05, 4.69) is 33.9 Å². The standard InChI is InChI=1S/C26H38FN5O2/c1-4-29-11-13-31(14-12-29)24-20(2)25(26(33)28-9-10-30-15-17-34-18-16-30)32(21(24)3)19-22-7-5-6-8-23(22)27/h5-8H,4,9-19H2,1-3H3,(H,28,33). The van der Waals surface area contributed by atoms with Gasteiger partial charge in [0.1, 0.15) is 11.5 Å². The summed E-state index contributed by atoms with van der Waals surface area (Å²) < 4.78 is 22.0. The van der Waals surface area contributed by atoms with Gasteiger partial charge < -0.3 is 24.4 Å². The molecule has 186 valence electrons. The van der Waals surface area contributed by atoms with E-state index in [0.717, 1.165) is 82.5 Å². The lowest BCUT2D eigenvalue weighted by molar-refractivity contribution is 0.0383. The maximum atomic E-state index is 14.5. The van der Waals surface area contributed by atoms with Gasteiger partial charge in [-0.25, -0.2) is 4.39 Å². The molecule has 4 rings (SSSR count). The number of nitrogens with zero attached hydrogens (tertiary/aromatic N) is 4. The van der Waals surface area contributed by atoms with Gasteiger partial charge in [-0.15, -0.1) is 0 Å². The minimum atomic E-state index is -0.245. The van der Waals surface area contributed by atoms with Gasteiger partial charge in [0.05, 0.1) is 25.4 Å². The first kappa shape index (κ1) is 24.7. The molecule has 0 atom stereocenters. The molecule has 2 aromatic rings. The number of halogens is 1. The summed E-state index contributed by atoms with van der Waals surface area (Å²) in [6.45, 7) is 16.2. The molecule has 0 unspecified atom stereocenters. The van der Waals surface area contributed by atoms with Gasteiger partial charge in [0.25, 0.3) is 5.91 Å². The SMILES string of the molecule is CCN1CCN(c2c(C)c(C(=O)NCCN3CCOCC3)n(Cc3ccccc3F)c2C)CC1. The first-order valence-corrected chi connectivity index (χ1v) is 12.5. The van der Waals surface area contributed by atoms with E-state index in [-0.39, 0.29) is 11.7 Å². The van der Waals surface area contributed by atoms with Crippen molar-refractivity contribution >= 4 is 11.6 Å². The van der Waals surface area contributed by atoms with Crippen molar-refractivity contribution in [1.29, 1.82) is 0 Å². The number of ether oxygens (including phenoxy) is 1. The van der Waals surface area contributed by atoms with Crippen LogP contribution in [-0.4, -0.2) is 92.4 Å². The summed E-state index contributed by atoms with van der Waals surface area (Å²) in [4.78, 5) is 20.6. The zero-order chi connectivity index (χ0) is 24.1. The van der Waals surface area contributed by atoms with Crippen molar-refractivity contribution in [3.63, 3.8) is 0 Å². The summed E-state index contributed by atoms with van der Waals surface area (Å²) in [5.41, 5.74) is 4.33. The zero-order valence-electron chi connectivity index (χ0n) is 20.8. The molecule has 34 heavy (non-hydrogen) atoms. The molecule has 0 spiro atoms. The Hall–Kier alpha value is -2.42. The maximum Gasteiger partial charge on any atom is 0.268 e. The highest BCUT2D eigenvalue weighted by Crippen LogP contribution is 2.32. The van der Waals surface area contributed by atoms with Crippen LogP contribution in [0.1, 0.15) is 34.2 Å². The van der Waals surface area contributed by atoms with Crippen LogP contribution in [0.5, 0.6) is 0 Å². The van der Waals surface area contributed by atoms with Crippen molar-refractivity contribution in [3.05, 3.63) is 52.6 Å². The Morgan fingerprint density at radius 3 is 2.41 bits per heavy atom. The van der Waals surface area contributed by atoms with Crippen LogP contribution in [0.15, 0.2) is 24.3 Å². The van der Waals surface area contributed by atoms with Crippen LogP contribution in [0.3, 0.4) is 0 Å². The van der Waals surface area contributed by atoms with Crippen molar-refractivity contribution in [3.8, 4) is 0 Å². The minimum Gasteiger partial charge on any atom is -0.379 e. The first-order valence-electron chi connectivity index (χ1n) is 12.5. The van der Waals surface area contributed by atoms with E-state index in [1.807, 2.05) is 17.6 Å². The van der Waals surface area contributed by atoms with Crippen LogP contribution in [0, 0.1) is 19.7 Å². The molecule has 8 heteroatoms. The third kappa shape index (κ3) is 5.45. The molecule has 0 radical (unpaired) electrons. The van der Waals surface area contributed by atoms with Gasteiger partial charge in [-0.2, -0.15) is 0 Å². The average molecular weight is 472 g/mol. The van der Waals surface area contributed by atoms with E-state index in [0.29, 0.717) is 24.3 Å². The van der Waals surface area contributed by atoms with Crippen molar-refractivity contribution in [2.45, 2.75) is 27.3 Å². The number of hydrogen-bond donors (Lipinski definition) is 1. The summed E-state index contributed by atoms with van der Waals surface area (Å²) in [6, 6.07) is 6.82. The van der Waals surface area contributed by atoms with Crippen LogP contribution < -0.4 is 10.2 Å². The van der Waals surface area contributed by atoms with Crippen LogP contribution >= 0.6 is 0 Å². The van der Waals surface area contributed by atoms with Crippen LogP contribution in [0.2, 0.25) is 0 Å². The van der Waals surface area contributed by atoms with Crippen molar-refractivity contribution in [1.82, 2.24) is 19.7 Å². The molecule has 7 nitrogen and oxygen atoms in total. The van der Waals surface area contributed by atoms with E-state index in [4.69, 9.17) is 4.74 Å². The highest BCUT2D eigenvalue weighted by atomic mass is 19.1. The second-order valence-corrected chi connectivity index (χ2v) is 9.22. The van der Waals surface area contributed by atoms with Crippen molar-refractivity contribution in [2.24, 2.45) is 0 Å². The number of benzene rings is 1. The fourth-order valence-electron chi connectivity index (χ4n) is 5.16. The lowest BCUT2D eigenvalue weighted by atomic mass is 10.1. The number of aromatic nitrogens is 1. The van der Waals surface area contributed by atoms with Crippen LogP contribution in [0.25, 0.3) is 0 Å².